The fourth-order valence-electron chi connectivity index (χ4n) is 12.1. The lowest BCUT2D eigenvalue weighted by Gasteiger charge is -2.57. The van der Waals surface area contributed by atoms with Gasteiger partial charge in [-0.15, -0.1) is 0 Å². The first-order chi connectivity index (χ1) is 34.9. The molecule has 1 spiro atoms. The zero-order valence-corrected chi connectivity index (χ0v) is 43.5. The number of sulfonamides is 1. The second kappa shape index (κ2) is 20.0. The van der Waals surface area contributed by atoms with Gasteiger partial charge in [0.2, 0.25) is 0 Å². The van der Waals surface area contributed by atoms with E-state index >= 15 is 4.39 Å². The lowest BCUT2D eigenvalue weighted by atomic mass is 9.70. The number of nitrogens with zero attached hydrogens (tertiary/aromatic N) is 4. The molecule has 2 aliphatic carbocycles. The highest BCUT2D eigenvalue weighted by molar-refractivity contribution is 7.90. The van der Waals surface area contributed by atoms with E-state index in [1.807, 2.05) is 0 Å². The highest BCUT2D eigenvalue weighted by Crippen LogP contribution is 2.50. The summed E-state index contributed by atoms with van der Waals surface area (Å²) >= 11 is 0. The Balaban J connectivity index is 0.904. The Morgan fingerprint density at radius 1 is 1.00 bits per heavy atom. The molecule has 2 saturated heterocycles. The highest BCUT2D eigenvalue weighted by Gasteiger charge is 2.49. The Morgan fingerprint density at radius 3 is 2.48 bits per heavy atom. The number of methoxy groups -OCH3 is 1. The molecule has 16 nitrogen and oxygen atoms in total. The topological polar surface area (TPSA) is 190 Å². The maximum absolute atomic E-state index is 15.1. The number of carbonyl (C=O) groups excluding carboxylic acids is 1. The summed E-state index contributed by atoms with van der Waals surface area (Å²) in [6.07, 6.45) is 10.3. The fraction of sp³-hybridized carbons (Fsp3) is 0.527. The third-order valence-electron chi connectivity index (χ3n) is 16.6. The van der Waals surface area contributed by atoms with Crippen molar-refractivity contribution in [3.63, 3.8) is 0 Å². The summed E-state index contributed by atoms with van der Waals surface area (Å²) < 4.78 is 69.6. The van der Waals surface area contributed by atoms with E-state index in [1.54, 1.807) is 19.1 Å². The number of aromatic amines is 1. The minimum Gasteiger partial charge on any atom is -0.489 e. The number of nitrogens with one attached hydrogen (secondary N) is 3. The summed E-state index contributed by atoms with van der Waals surface area (Å²) in [4.78, 5) is 38.0. The van der Waals surface area contributed by atoms with Gasteiger partial charge in [0.05, 0.1) is 32.9 Å². The number of piperidine rings is 1. The van der Waals surface area contributed by atoms with Gasteiger partial charge < -0.3 is 34.1 Å². The first-order valence-corrected chi connectivity index (χ1v) is 27.4. The Labute approximate surface area is 426 Å². The first kappa shape index (κ1) is 50.5. The maximum atomic E-state index is 15.1. The second-order valence-corrected chi connectivity index (χ2v) is 24.0. The molecule has 4 atom stereocenters. The molecule has 5 heterocycles. The molecule has 5 aliphatic rings. The second-order valence-electron chi connectivity index (χ2n) is 22.3. The molecule has 73 heavy (non-hydrogen) atoms. The van der Waals surface area contributed by atoms with Gasteiger partial charge in [-0.1, -0.05) is 58.4 Å². The zero-order valence-electron chi connectivity index (χ0n) is 42.7. The predicted molar refractivity (Wildman–Crippen MR) is 277 cm³/mol. The van der Waals surface area contributed by atoms with Crippen molar-refractivity contribution in [2.24, 2.45) is 16.7 Å². The van der Waals surface area contributed by atoms with Gasteiger partial charge in [-0.05, 0) is 110 Å². The van der Waals surface area contributed by atoms with E-state index < -0.39 is 37.3 Å². The number of pyridine rings is 1. The van der Waals surface area contributed by atoms with Gasteiger partial charge in [-0.25, -0.2) is 17.5 Å². The lowest BCUT2D eigenvalue weighted by Crippen LogP contribution is -2.63. The minimum absolute atomic E-state index is 0.00561. The van der Waals surface area contributed by atoms with Gasteiger partial charge in [0, 0.05) is 75.5 Å². The van der Waals surface area contributed by atoms with Crippen LogP contribution in [0.4, 0.5) is 21.5 Å². The molecule has 4 fully saturated rings. The van der Waals surface area contributed by atoms with Gasteiger partial charge in [0.1, 0.15) is 30.4 Å². The summed E-state index contributed by atoms with van der Waals surface area (Å²) in [5, 5.41) is 15.9. The van der Waals surface area contributed by atoms with E-state index in [-0.39, 0.29) is 87.5 Å². The van der Waals surface area contributed by atoms with Crippen LogP contribution in [-0.4, -0.2) is 98.8 Å². The lowest BCUT2D eigenvalue weighted by molar-refractivity contribution is -0.384. The molecule has 18 heteroatoms. The number of hydrogen-bond donors (Lipinski definition) is 3. The Morgan fingerprint density at radius 2 is 1.75 bits per heavy atom. The third-order valence-corrected chi connectivity index (χ3v) is 17.9. The number of ether oxygens (including phenoxy) is 4. The molecule has 0 radical (unpaired) electrons. The number of nitro groups is 1. The molecule has 0 unspecified atom stereocenters. The number of amides is 1. The van der Waals surface area contributed by atoms with Crippen molar-refractivity contribution in [2.75, 3.05) is 56.7 Å². The van der Waals surface area contributed by atoms with E-state index in [2.05, 4.69) is 81.8 Å². The van der Waals surface area contributed by atoms with Crippen molar-refractivity contribution < 1.29 is 41.5 Å². The fourth-order valence-corrected chi connectivity index (χ4v) is 13.1. The quantitative estimate of drug-likeness (QED) is 0.0664. The van der Waals surface area contributed by atoms with Crippen LogP contribution in [0.3, 0.4) is 0 Å². The number of aromatic nitrogens is 2. The van der Waals surface area contributed by atoms with Gasteiger partial charge >= 0.3 is 0 Å². The number of likely N-dealkylation sites (tertiary alicyclic amines) is 1. The van der Waals surface area contributed by atoms with Crippen molar-refractivity contribution in [2.45, 2.75) is 127 Å². The van der Waals surface area contributed by atoms with E-state index in [0.717, 1.165) is 82.7 Å². The maximum Gasteiger partial charge on any atom is 0.297 e. The van der Waals surface area contributed by atoms with E-state index in [0.29, 0.717) is 17.9 Å². The van der Waals surface area contributed by atoms with Crippen LogP contribution >= 0.6 is 0 Å². The number of nitro benzene ring substituents is 1. The van der Waals surface area contributed by atoms with Gasteiger partial charge in [-0.3, -0.25) is 19.8 Å². The Kier molecular flexibility index (Phi) is 13.9. The monoisotopic (exact) mass is 1020 g/mol. The normalized spacial score (nSPS) is 22.3. The van der Waals surface area contributed by atoms with Crippen molar-refractivity contribution in [1.82, 2.24) is 19.6 Å². The van der Waals surface area contributed by atoms with E-state index in [9.17, 15) is 23.3 Å². The number of fused-ring (bicyclic) bond motifs is 2. The average molecular weight is 1020 g/mol. The van der Waals surface area contributed by atoms with Crippen LogP contribution in [0.5, 0.6) is 23.1 Å². The molecule has 2 saturated carbocycles. The van der Waals surface area contributed by atoms with Crippen molar-refractivity contribution >= 4 is 44.0 Å². The van der Waals surface area contributed by atoms with Crippen molar-refractivity contribution in [1.29, 1.82) is 0 Å². The van der Waals surface area contributed by atoms with Crippen LogP contribution < -0.4 is 29.1 Å². The molecule has 5 aromatic rings. The van der Waals surface area contributed by atoms with E-state index in [1.165, 1.54) is 55.7 Å². The number of carbonyl (C=O) groups is 1. The van der Waals surface area contributed by atoms with Crippen molar-refractivity contribution in [3.8, 4) is 23.1 Å². The molecular weight excluding hydrogens is 954 g/mol. The van der Waals surface area contributed by atoms with Crippen LogP contribution in [-0.2, 0) is 14.8 Å². The smallest absolute Gasteiger partial charge is 0.297 e. The van der Waals surface area contributed by atoms with Gasteiger partial charge in [-0.2, -0.15) is 4.98 Å². The summed E-state index contributed by atoms with van der Waals surface area (Å²) in [5.74, 6) is -0.489. The number of hydrogen-bond acceptors (Lipinski definition) is 13. The number of anilines is 2. The summed E-state index contributed by atoms with van der Waals surface area (Å²) in [6.45, 7) is 14.7. The molecule has 3 aliphatic heterocycles. The van der Waals surface area contributed by atoms with Crippen LogP contribution in [0.15, 0.2) is 71.8 Å². The highest BCUT2D eigenvalue weighted by atomic mass is 32.2. The largest absolute Gasteiger partial charge is 0.489 e. The van der Waals surface area contributed by atoms with Crippen LogP contribution in [0.1, 0.15) is 126 Å². The average Bonchev–Trinajstić information content (AvgIpc) is 4.00. The van der Waals surface area contributed by atoms with Crippen LogP contribution in [0.2, 0.25) is 0 Å². The standard InChI is InChI=1S/C55H68FN7O9S/c1-33(2)38-10-7-8-11-39(38)40-12-9-13-45(40)62-31-55(32-62)20-22-61(23-21-55)36-14-15-41(47(24-36)72-49-27-42-43(56)28-57-51(42)59-53(49)71-29-34(3)69-6)52(64)60-73(67,68)37-25-46(63(65)66)50-48(26-37)70-30-44(58-50)35-16-18-54(4,5)19-17-35/h7-8,10-11,14-15,24-28,33-35,40,44-45,58H,9,12-13,16-23,29-32H2,1-6H3,(H,57,59)(H,60,64)/t34-,40-,44-,45-/m1/s1. The number of benzene rings is 3. The Bertz CT molecular complexity index is 2990. The Hall–Kier alpha value is -5.98. The third kappa shape index (κ3) is 10.3. The molecule has 2 aromatic heterocycles. The molecule has 390 valence electrons. The molecule has 3 N–H and O–H groups in total. The molecular formula is C55H68FN7O9S. The molecule has 3 aromatic carbocycles. The van der Waals surface area contributed by atoms with Crippen LogP contribution in [0.25, 0.3) is 11.0 Å². The molecule has 1 amide bonds. The predicted octanol–water partition coefficient (Wildman–Crippen LogP) is 10.7. The number of halogens is 1. The first-order valence-electron chi connectivity index (χ1n) is 25.9. The minimum atomic E-state index is -4.75. The number of H-pyrrole nitrogens is 1. The zero-order chi connectivity index (χ0) is 51.4. The van der Waals surface area contributed by atoms with E-state index in [4.69, 9.17) is 18.9 Å². The summed E-state index contributed by atoms with van der Waals surface area (Å²) in [7, 11) is -3.22. The number of rotatable bonds is 15. The SMILES string of the molecule is CO[C@H](C)COc1nc2[nH]cc(F)c2cc1Oc1cc(N2CCC3(CC2)CN([C@@H]2CCC[C@@H]2c2ccccc2C(C)C)C3)ccc1C(=O)NS(=O)(=O)c1cc2c(c([N+](=O)[O-])c1)N[C@@H](C1CCC(C)(C)CC1)CO2. The molecule has 10 rings (SSSR count). The summed E-state index contributed by atoms with van der Waals surface area (Å²) in [6, 6.07) is 17.8. The van der Waals surface area contributed by atoms with Gasteiger partial charge in [0.15, 0.2) is 17.2 Å². The molecule has 0 bridgehead atoms. The summed E-state index contributed by atoms with van der Waals surface area (Å²) in [5.41, 5.74) is 3.77. The van der Waals surface area contributed by atoms with Crippen molar-refractivity contribution in [3.05, 3.63) is 99.5 Å². The van der Waals surface area contributed by atoms with Crippen LogP contribution in [0, 0.1) is 32.7 Å². The van der Waals surface area contributed by atoms with Gasteiger partial charge in [0.25, 0.3) is 27.5 Å².